The van der Waals surface area contributed by atoms with Crippen LogP contribution in [0.1, 0.15) is 48.5 Å². The van der Waals surface area contributed by atoms with E-state index in [1.54, 1.807) is 12.1 Å². The third-order valence-corrected chi connectivity index (χ3v) is 4.17. The SMILES string of the molecule is CCc1ccc(C(=O)NC2(CO)CCCC2)cc1[N+](=O)[O-]. The van der Waals surface area contributed by atoms with Gasteiger partial charge in [-0.3, -0.25) is 14.9 Å². The van der Waals surface area contributed by atoms with E-state index in [-0.39, 0.29) is 23.8 Å². The fourth-order valence-corrected chi connectivity index (χ4v) is 2.86. The van der Waals surface area contributed by atoms with E-state index in [2.05, 4.69) is 5.32 Å². The van der Waals surface area contributed by atoms with Crippen molar-refractivity contribution in [3.63, 3.8) is 0 Å². The fourth-order valence-electron chi connectivity index (χ4n) is 2.86. The van der Waals surface area contributed by atoms with Crippen LogP contribution in [0, 0.1) is 10.1 Å². The molecule has 21 heavy (non-hydrogen) atoms. The number of nitrogens with one attached hydrogen (secondary N) is 1. The largest absolute Gasteiger partial charge is 0.394 e. The van der Waals surface area contributed by atoms with Gasteiger partial charge < -0.3 is 10.4 Å². The molecule has 2 N–H and O–H groups in total. The quantitative estimate of drug-likeness (QED) is 0.642. The van der Waals surface area contributed by atoms with E-state index in [4.69, 9.17) is 0 Å². The summed E-state index contributed by atoms with van der Waals surface area (Å²) < 4.78 is 0. The lowest BCUT2D eigenvalue weighted by Gasteiger charge is -2.28. The third-order valence-electron chi connectivity index (χ3n) is 4.17. The van der Waals surface area contributed by atoms with Crippen molar-refractivity contribution in [3.8, 4) is 0 Å². The summed E-state index contributed by atoms with van der Waals surface area (Å²) in [5.74, 6) is -0.364. The maximum atomic E-state index is 12.3. The minimum atomic E-state index is -0.574. The van der Waals surface area contributed by atoms with Gasteiger partial charge in [0.05, 0.1) is 17.1 Å². The number of benzene rings is 1. The summed E-state index contributed by atoms with van der Waals surface area (Å²) in [7, 11) is 0. The Labute approximate surface area is 123 Å². The van der Waals surface area contributed by atoms with Gasteiger partial charge in [0.1, 0.15) is 0 Å². The van der Waals surface area contributed by atoms with Crippen molar-refractivity contribution < 1.29 is 14.8 Å². The summed E-state index contributed by atoms with van der Waals surface area (Å²) in [6.07, 6.45) is 3.96. The van der Waals surface area contributed by atoms with E-state index in [9.17, 15) is 20.0 Å². The van der Waals surface area contributed by atoms with Crippen molar-refractivity contribution in [2.24, 2.45) is 0 Å². The normalized spacial score (nSPS) is 16.7. The summed E-state index contributed by atoms with van der Waals surface area (Å²) >= 11 is 0. The molecular formula is C15H20N2O4. The number of aliphatic hydroxyl groups is 1. The third kappa shape index (κ3) is 3.21. The van der Waals surface area contributed by atoms with Gasteiger partial charge in [-0.1, -0.05) is 25.8 Å². The molecule has 1 saturated carbocycles. The van der Waals surface area contributed by atoms with Crippen LogP contribution in [-0.2, 0) is 6.42 Å². The van der Waals surface area contributed by atoms with Crippen LogP contribution in [0.2, 0.25) is 0 Å². The molecule has 1 aromatic carbocycles. The Morgan fingerprint density at radius 2 is 2.10 bits per heavy atom. The summed E-state index contributed by atoms with van der Waals surface area (Å²) in [5, 5.41) is 23.4. The Bertz CT molecular complexity index is 551. The molecule has 1 amide bonds. The van der Waals surface area contributed by atoms with Crippen LogP contribution < -0.4 is 5.32 Å². The molecule has 0 spiro atoms. The number of aliphatic hydroxyl groups excluding tert-OH is 1. The zero-order valence-corrected chi connectivity index (χ0v) is 12.1. The molecule has 0 bridgehead atoms. The minimum Gasteiger partial charge on any atom is -0.394 e. The number of hydrogen-bond acceptors (Lipinski definition) is 4. The monoisotopic (exact) mass is 292 g/mol. The number of nitro groups is 1. The topological polar surface area (TPSA) is 92.5 Å². The second kappa shape index (κ2) is 6.22. The predicted molar refractivity (Wildman–Crippen MR) is 78.2 cm³/mol. The molecule has 1 aliphatic rings. The Kier molecular flexibility index (Phi) is 4.57. The number of carbonyl (C=O) groups excluding carboxylic acids is 1. The van der Waals surface area contributed by atoms with Crippen LogP contribution in [0.15, 0.2) is 18.2 Å². The van der Waals surface area contributed by atoms with Gasteiger partial charge in [-0.2, -0.15) is 0 Å². The molecule has 114 valence electrons. The van der Waals surface area contributed by atoms with E-state index in [0.29, 0.717) is 12.0 Å². The molecule has 1 aromatic rings. The highest BCUT2D eigenvalue weighted by Crippen LogP contribution is 2.30. The fraction of sp³-hybridized carbons (Fsp3) is 0.533. The van der Waals surface area contributed by atoms with Crippen LogP contribution in [0.3, 0.4) is 0 Å². The Balaban J connectivity index is 2.23. The number of nitro benzene ring substituents is 1. The standard InChI is InChI=1S/C15H20N2O4/c1-2-11-5-6-12(9-13(11)17(20)21)14(19)16-15(10-18)7-3-4-8-15/h5-6,9,18H,2-4,7-8,10H2,1H3,(H,16,19). The molecule has 0 saturated heterocycles. The van der Waals surface area contributed by atoms with Crippen LogP contribution in [0.5, 0.6) is 0 Å². The molecular weight excluding hydrogens is 272 g/mol. The van der Waals surface area contributed by atoms with Crippen LogP contribution in [0.4, 0.5) is 5.69 Å². The van der Waals surface area contributed by atoms with E-state index in [0.717, 1.165) is 25.7 Å². The first-order valence-electron chi connectivity index (χ1n) is 7.22. The predicted octanol–water partition coefficient (Wildman–Crippen LogP) is 2.19. The lowest BCUT2D eigenvalue weighted by molar-refractivity contribution is -0.385. The second-order valence-corrected chi connectivity index (χ2v) is 5.55. The highest BCUT2D eigenvalue weighted by molar-refractivity contribution is 5.95. The molecule has 0 heterocycles. The van der Waals surface area contributed by atoms with Gasteiger partial charge in [-0.15, -0.1) is 0 Å². The van der Waals surface area contributed by atoms with E-state index >= 15 is 0 Å². The molecule has 0 aromatic heterocycles. The Morgan fingerprint density at radius 3 is 2.62 bits per heavy atom. The van der Waals surface area contributed by atoms with E-state index < -0.39 is 10.5 Å². The number of rotatable bonds is 5. The average Bonchev–Trinajstić information content (AvgIpc) is 2.95. The zero-order chi connectivity index (χ0) is 15.5. The van der Waals surface area contributed by atoms with Crippen molar-refractivity contribution in [1.29, 1.82) is 0 Å². The molecule has 0 atom stereocenters. The van der Waals surface area contributed by atoms with Gasteiger partial charge in [0.25, 0.3) is 11.6 Å². The molecule has 0 aliphatic heterocycles. The first kappa shape index (κ1) is 15.4. The second-order valence-electron chi connectivity index (χ2n) is 5.55. The summed E-state index contributed by atoms with van der Waals surface area (Å²) in [6, 6.07) is 4.53. The van der Waals surface area contributed by atoms with Crippen LogP contribution >= 0.6 is 0 Å². The molecule has 2 rings (SSSR count). The van der Waals surface area contributed by atoms with Crippen LogP contribution in [-0.4, -0.2) is 28.1 Å². The summed E-state index contributed by atoms with van der Waals surface area (Å²) in [5.41, 5.74) is 0.262. The van der Waals surface area contributed by atoms with Gasteiger partial charge in [-0.05, 0) is 25.3 Å². The van der Waals surface area contributed by atoms with Gasteiger partial charge in [0.15, 0.2) is 0 Å². The Morgan fingerprint density at radius 1 is 1.43 bits per heavy atom. The molecule has 6 heteroatoms. The molecule has 6 nitrogen and oxygen atoms in total. The van der Waals surface area contributed by atoms with Crippen molar-refractivity contribution in [2.75, 3.05) is 6.61 Å². The molecule has 1 aliphatic carbocycles. The Hall–Kier alpha value is -1.95. The summed E-state index contributed by atoms with van der Waals surface area (Å²) in [4.78, 5) is 22.9. The van der Waals surface area contributed by atoms with Gasteiger partial charge in [-0.25, -0.2) is 0 Å². The minimum absolute atomic E-state index is 0.0328. The highest BCUT2D eigenvalue weighted by Gasteiger charge is 2.35. The maximum absolute atomic E-state index is 12.3. The van der Waals surface area contributed by atoms with Gasteiger partial charge >= 0.3 is 0 Å². The first-order valence-corrected chi connectivity index (χ1v) is 7.22. The lowest BCUT2D eigenvalue weighted by atomic mass is 9.98. The van der Waals surface area contributed by atoms with Crippen molar-refractivity contribution in [2.45, 2.75) is 44.6 Å². The van der Waals surface area contributed by atoms with Crippen LogP contribution in [0.25, 0.3) is 0 Å². The molecule has 0 radical (unpaired) electrons. The van der Waals surface area contributed by atoms with Gasteiger partial charge in [0, 0.05) is 17.2 Å². The highest BCUT2D eigenvalue weighted by atomic mass is 16.6. The summed E-state index contributed by atoms with van der Waals surface area (Å²) in [6.45, 7) is 1.73. The smallest absolute Gasteiger partial charge is 0.273 e. The van der Waals surface area contributed by atoms with E-state index in [1.165, 1.54) is 6.07 Å². The first-order chi connectivity index (χ1) is 10.0. The van der Waals surface area contributed by atoms with Crippen molar-refractivity contribution in [1.82, 2.24) is 5.32 Å². The lowest BCUT2D eigenvalue weighted by Crippen LogP contribution is -2.49. The zero-order valence-electron chi connectivity index (χ0n) is 12.1. The number of nitrogens with zero attached hydrogens (tertiary/aromatic N) is 1. The number of hydrogen-bond donors (Lipinski definition) is 2. The number of aryl methyl sites for hydroxylation is 1. The van der Waals surface area contributed by atoms with Crippen molar-refractivity contribution in [3.05, 3.63) is 39.4 Å². The van der Waals surface area contributed by atoms with Crippen molar-refractivity contribution >= 4 is 11.6 Å². The van der Waals surface area contributed by atoms with Gasteiger partial charge in [0.2, 0.25) is 0 Å². The molecule has 1 fully saturated rings. The number of carbonyl (C=O) groups is 1. The number of amides is 1. The maximum Gasteiger partial charge on any atom is 0.273 e. The average molecular weight is 292 g/mol. The van der Waals surface area contributed by atoms with E-state index in [1.807, 2.05) is 6.92 Å². The molecule has 0 unspecified atom stereocenters.